The van der Waals surface area contributed by atoms with Crippen molar-refractivity contribution in [1.82, 2.24) is 0 Å². The van der Waals surface area contributed by atoms with Gasteiger partial charge in [-0.3, -0.25) is 0 Å². The molecule has 0 bridgehead atoms. The first kappa shape index (κ1) is 8.70. The van der Waals surface area contributed by atoms with Crippen molar-refractivity contribution in [3.8, 4) is 0 Å². The van der Waals surface area contributed by atoms with Gasteiger partial charge in [-0.2, -0.15) is 4.57 Å². The molecule has 0 radical (unpaired) electrons. The molecular formula is C13H12N+. The molecule has 1 heterocycles. The van der Waals surface area contributed by atoms with E-state index in [0.717, 1.165) is 0 Å². The third-order valence-electron chi connectivity index (χ3n) is 1.98. The van der Waals surface area contributed by atoms with E-state index in [2.05, 4.69) is 18.2 Å². The van der Waals surface area contributed by atoms with Crippen LogP contribution in [0.1, 0.15) is 5.56 Å². The van der Waals surface area contributed by atoms with Crippen molar-refractivity contribution in [3.05, 3.63) is 66.5 Å². The number of nitrogens with zero attached hydrogens (tertiary/aromatic N) is 1. The molecule has 0 unspecified atom stereocenters. The lowest BCUT2D eigenvalue weighted by atomic mass is 10.2. The highest BCUT2D eigenvalue weighted by molar-refractivity contribution is 5.56. The number of rotatable bonds is 2. The standard InChI is InChI=1S/C13H12N/c1-3-7-13(8-4-1)9-12-14-10-5-2-6-11-14/h1-12H/q+1/b12-9+. The molecule has 0 amide bonds. The van der Waals surface area contributed by atoms with Crippen molar-refractivity contribution in [2.75, 3.05) is 0 Å². The zero-order chi connectivity index (χ0) is 9.64. The summed E-state index contributed by atoms with van der Waals surface area (Å²) >= 11 is 0. The molecule has 1 aromatic heterocycles. The van der Waals surface area contributed by atoms with E-state index in [1.807, 2.05) is 59.6 Å². The average molecular weight is 182 g/mol. The summed E-state index contributed by atoms with van der Waals surface area (Å²) in [4.78, 5) is 0. The predicted molar refractivity (Wildman–Crippen MR) is 58.3 cm³/mol. The molecule has 0 aliphatic rings. The molecule has 0 saturated carbocycles. The Balaban J connectivity index is 2.16. The maximum atomic E-state index is 2.08. The molecule has 0 spiro atoms. The van der Waals surface area contributed by atoms with Crippen LogP contribution in [0.2, 0.25) is 0 Å². The van der Waals surface area contributed by atoms with E-state index in [0.29, 0.717) is 0 Å². The van der Waals surface area contributed by atoms with Crippen molar-refractivity contribution < 1.29 is 4.57 Å². The van der Waals surface area contributed by atoms with Crippen LogP contribution in [0.25, 0.3) is 12.3 Å². The fourth-order valence-electron chi connectivity index (χ4n) is 1.25. The number of hydrogen-bond donors (Lipinski definition) is 0. The first-order valence-corrected chi connectivity index (χ1v) is 4.64. The van der Waals surface area contributed by atoms with Crippen LogP contribution in [0.4, 0.5) is 0 Å². The van der Waals surface area contributed by atoms with E-state index in [1.165, 1.54) is 5.56 Å². The van der Waals surface area contributed by atoms with Crippen molar-refractivity contribution >= 4 is 12.3 Å². The van der Waals surface area contributed by atoms with E-state index in [-0.39, 0.29) is 0 Å². The van der Waals surface area contributed by atoms with Gasteiger partial charge in [0, 0.05) is 18.2 Å². The number of hydrogen-bond acceptors (Lipinski definition) is 0. The molecule has 68 valence electrons. The third kappa shape index (κ3) is 2.30. The number of benzene rings is 1. The summed E-state index contributed by atoms with van der Waals surface area (Å²) in [5.41, 5.74) is 1.21. The van der Waals surface area contributed by atoms with Gasteiger partial charge in [0.15, 0.2) is 18.6 Å². The second-order valence-corrected chi connectivity index (χ2v) is 3.05. The van der Waals surface area contributed by atoms with Gasteiger partial charge >= 0.3 is 0 Å². The number of aromatic nitrogens is 1. The van der Waals surface area contributed by atoms with Crippen molar-refractivity contribution in [1.29, 1.82) is 0 Å². The Morgan fingerprint density at radius 3 is 2.14 bits per heavy atom. The highest BCUT2D eigenvalue weighted by Gasteiger charge is 1.89. The Kier molecular flexibility index (Phi) is 2.72. The molecule has 2 rings (SSSR count). The van der Waals surface area contributed by atoms with Crippen LogP contribution >= 0.6 is 0 Å². The molecule has 0 fully saturated rings. The smallest absolute Gasteiger partial charge is 0.174 e. The fraction of sp³-hybridized carbons (Fsp3) is 0. The molecule has 0 atom stereocenters. The van der Waals surface area contributed by atoms with Gasteiger partial charge in [-0.15, -0.1) is 0 Å². The second kappa shape index (κ2) is 4.38. The summed E-state index contributed by atoms with van der Waals surface area (Å²) < 4.78 is 2.02. The molecule has 1 heteroatoms. The Bertz CT molecular complexity index is 362. The molecule has 1 nitrogen and oxygen atoms in total. The van der Waals surface area contributed by atoms with Crippen LogP contribution in [0.5, 0.6) is 0 Å². The van der Waals surface area contributed by atoms with Crippen LogP contribution in [0.3, 0.4) is 0 Å². The number of pyridine rings is 1. The van der Waals surface area contributed by atoms with E-state index >= 15 is 0 Å². The van der Waals surface area contributed by atoms with Crippen LogP contribution in [0, 0.1) is 0 Å². The first-order valence-electron chi connectivity index (χ1n) is 4.64. The van der Waals surface area contributed by atoms with Crippen molar-refractivity contribution in [3.63, 3.8) is 0 Å². The minimum Gasteiger partial charge on any atom is -0.174 e. The third-order valence-corrected chi connectivity index (χ3v) is 1.98. The van der Waals surface area contributed by atoms with E-state index in [1.54, 1.807) is 0 Å². The summed E-state index contributed by atoms with van der Waals surface area (Å²) in [7, 11) is 0. The SMILES string of the molecule is C(=C\[n+]1ccccc1)/c1ccccc1. The topological polar surface area (TPSA) is 3.88 Å². The minimum absolute atomic E-state index is 1.21. The quantitative estimate of drug-likeness (QED) is 0.628. The molecular weight excluding hydrogens is 170 g/mol. The Morgan fingerprint density at radius 1 is 0.786 bits per heavy atom. The Labute approximate surface area is 84.0 Å². The normalized spacial score (nSPS) is 10.6. The summed E-state index contributed by atoms with van der Waals surface area (Å²) in [6.45, 7) is 0. The van der Waals surface area contributed by atoms with Crippen LogP contribution in [0.15, 0.2) is 60.9 Å². The zero-order valence-corrected chi connectivity index (χ0v) is 7.88. The lowest BCUT2D eigenvalue weighted by Crippen LogP contribution is -2.23. The van der Waals surface area contributed by atoms with Gasteiger partial charge in [-0.05, 0) is 5.56 Å². The van der Waals surface area contributed by atoms with Gasteiger partial charge in [0.2, 0.25) is 0 Å². The largest absolute Gasteiger partial charge is 0.175 e. The lowest BCUT2D eigenvalue weighted by molar-refractivity contribution is -0.567. The van der Waals surface area contributed by atoms with Gasteiger partial charge in [-0.25, -0.2) is 0 Å². The van der Waals surface area contributed by atoms with Crippen LogP contribution < -0.4 is 4.57 Å². The van der Waals surface area contributed by atoms with E-state index in [9.17, 15) is 0 Å². The van der Waals surface area contributed by atoms with Crippen LogP contribution in [-0.2, 0) is 0 Å². The Hall–Kier alpha value is -1.89. The second-order valence-electron chi connectivity index (χ2n) is 3.05. The average Bonchev–Trinajstić information content (AvgIpc) is 2.29. The minimum atomic E-state index is 1.21. The molecule has 14 heavy (non-hydrogen) atoms. The monoisotopic (exact) mass is 182 g/mol. The van der Waals surface area contributed by atoms with E-state index < -0.39 is 0 Å². The maximum absolute atomic E-state index is 2.08. The Morgan fingerprint density at radius 2 is 1.43 bits per heavy atom. The highest BCUT2D eigenvalue weighted by atomic mass is 14.9. The molecule has 0 aliphatic carbocycles. The lowest BCUT2D eigenvalue weighted by Gasteiger charge is -1.88. The van der Waals surface area contributed by atoms with Crippen molar-refractivity contribution in [2.24, 2.45) is 0 Å². The highest BCUT2D eigenvalue weighted by Crippen LogP contribution is 1.99. The summed E-state index contributed by atoms with van der Waals surface area (Å²) in [5.74, 6) is 0. The maximum Gasteiger partial charge on any atom is 0.175 e. The van der Waals surface area contributed by atoms with Crippen molar-refractivity contribution in [2.45, 2.75) is 0 Å². The fourth-order valence-corrected chi connectivity index (χ4v) is 1.25. The molecule has 1 aromatic carbocycles. The molecule has 0 saturated heterocycles. The summed E-state index contributed by atoms with van der Waals surface area (Å²) in [6, 6.07) is 16.3. The first-order chi connectivity index (χ1) is 6.95. The van der Waals surface area contributed by atoms with Gasteiger partial charge in [-0.1, -0.05) is 36.4 Å². The predicted octanol–water partition coefficient (Wildman–Crippen LogP) is 2.60. The van der Waals surface area contributed by atoms with Crippen LogP contribution in [-0.4, -0.2) is 0 Å². The van der Waals surface area contributed by atoms with Gasteiger partial charge < -0.3 is 0 Å². The molecule has 2 aromatic rings. The molecule has 0 N–H and O–H groups in total. The van der Waals surface area contributed by atoms with E-state index in [4.69, 9.17) is 0 Å². The summed E-state index contributed by atoms with van der Waals surface area (Å²) in [6.07, 6.45) is 8.15. The summed E-state index contributed by atoms with van der Waals surface area (Å²) in [5, 5.41) is 0. The van der Waals surface area contributed by atoms with Gasteiger partial charge in [0.05, 0.1) is 0 Å². The van der Waals surface area contributed by atoms with Gasteiger partial charge in [0.1, 0.15) is 0 Å². The molecule has 0 aliphatic heterocycles. The van der Waals surface area contributed by atoms with Gasteiger partial charge in [0.25, 0.3) is 0 Å². The zero-order valence-electron chi connectivity index (χ0n) is 7.88.